The Labute approximate surface area is 104 Å². The van der Waals surface area contributed by atoms with Gasteiger partial charge in [-0.2, -0.15) is 6.57 Å². The number of hydrogen-bond donors (Lipinski definition) is 0. The lowest BCUT2D eigenvalue weighted by Gasteiger charge is -2.10. The van der Waals surface area contributed by atoms with Gasteiger partial charge in [-0.05, 0) is 12.1 Å². The van der Waals surface area contributed by atoms with Crippen LogP contribution in [0.1, 0.15) is 0 Å². The van der Waals surface area contributed by atoms with E-state index >= 15 is 0 Å². The Morgan fingerprint density at radius 3 is 1.94 bits per heavy atom. The van der Waals surface area contributed by atoms with Crippen LogP contribution >= 0.6 is 0 Å². The Morgan fingerprint density at radius 1 is 0.944 bits per heavy atom. The molecule has 1 heterocycles. The number of aromatic nitrogens is 1. The van der Waals surface area contributed by atoms with Crippen molar-refractivity contribution in [1.29, 1.82) is 0 Å². The van der Waals surface area contributed by atoms with Crippen molar-refractivity contribution in [2.24, 2.45) is 12.1 Å². The average molecular weight is 233 g/mol. The van der Waals surface area contributed by atoms with Crippen LogP contribution in [-0.4, -0.2) is 4.57 Å². The molecule has 0 amide bonds. The second-order valence-electron chi connectivity index (χ2n) is 4.14. The van der Waals surface area contributed by atoms with E-state index in [2.05, 4.69) is 14.6 Å². The van der Waals surface area contributed by atoms with Crippen LogP contribution in [0.3, 0.4) is 0 Å². The molecule has 0 saturated carbocycles. The summed E-state index contributed by atoms with van der Waals surface area (Å²) in [7, 11) is 2.03. The largest absolute Gasteiger partial charge is 0.344 e. The van der Waals surface area contributed by atoms with Crippen LogP contribution < -0.4 is 5.36 Å². The summed E-state index contributed by atoms with van der Waals surface area (Å²) in [5.74, 6) is 0. The Morgan fingerprint density at radius 2 is 1.44 bits per heavy atom. The summed E-state index contributed by atoms with van der Waals surface area (Å²) in [6, 6.07) is 16.0. The van der Waals surface area contributed by atoms with Gasteiger partial charge in [-0.15, -0.1) is 4.95 Å². The minimum atomic E-state index is 0.759. The van der Waals surface area contributed by atoms with Crippen LogP contribution in [0.15, 0.2) is 53.6 Å². The molecule has 0 spiro atoms. The van der Waals surface area contributed by atoms with E-state index in [9.17, 15) is 0 Å². The van der Waals surface area contributed by atoms with Crippen LogP contribution in [0, 0.1) is 6.57 Å². The molecular formula is C15H11N3. The van der Waals surface area contributed by atoms with Gasteiger partial charge >= 0.3 is 0 Å². The average Bonchev–Trinajstić information content (AvgIpc) is 2.43. The molecule has 0 unspecified atom stereocenters. The summed E-state index contributed by atoms with van der Waals surface area (Å²) in [5.41, 5.74) is 2.16. The van der Waals surface area contributed by atoms with Crippen molar-refractivity contribution in [2.75, 3.05) is 0 Å². The molecule has 0 atom stereocenters. The van der Waals surface area contributed by atoms with Crippen molar-refractivity contribution in [3.05, 3.63) is 65.4 Å². The number of fused-ring (bicyclic) bond motifs is 2. The predicted molar refractivity (Wildman–Crippen MR) is 72.6 cm³/mol. The van der Waals surface area contributed by atoms with Gasteiger partial charge in [0.15, 0.2) is 5.36 Å². The van der Waals surface area contributed by atoms with E-state index in [4.69, 9.17) is 6.57 Å². The van der Waals surface area contributed by atoms with E-state index in [1.807, 2.05) is 55.6 Å². The summed E-state index contributed by atoms with van der Waals surface area (Å²) in [6.07, 6.45) is 0. The molecule has 0 bridgehead atoms. The zero-order valence-corrected chi connectivity index (χ0v) is 9.96. The molecule has 86 valence electrons. The SMILES string of the molecule is [C-]#[N+]N=c1c2ccccc2n(C)c2ccccc12. The smallest absolute Gasteiger partial charge is 0.164 e. The van der Waals surface area contributed by atoms with Crippen LogP contribution in [0.2, 0.25) is 0 Å². The maximum absolute atomic E-state index is 7.00. The quantitative estimate of drug-likeness (QED) is 0.323. The van der Waals surface area contributed by atoms with Crippen molar-refractivity contribution < 1.29 is 0 Å². The topological polar surface area (TPSA) is 21.6 Å². The van der Waals surface area contributed by atoms with Gasteiger partial charge in [0, 0.05) is 17.8 Å². The molecule has 3 heteroatoms. The molecule has 0 fully saturated rings. The first kappa shape index (κ1) is 10.5. The molecule has 0 aliphatic rings. The van der Waals surface area contributed by atoms with Crippen molar-refractivity contribution in [1.82, 2.24) is 4.57 Å². The highest BCUT2D eigenvalue weighted by molar-refractivity contribution is 5.93. The van der Waals surface area contributed by atoms with E-state index in [1.165, 1.54) is 0 Å². The summed E-state index contributed by atoms with van der Waals surface area (Å²) >= 11 is 0. The van der Waals surface area contributed by atoms with E-state index in [-0.39, 0.29) is 0 Å². The number of benzene rings is 2. The maximum atomic E-state index is 7.00. The van der Waals surface area contributed by atoms with Gasteiger partial charge in [0.2, 0.25) is 0 Å². The molecule has 0 aliphatic heterocycles. The fourth-order valence-electron chi connectivity index (χ4n) is 2.37. The van der Waals surface area contributed by atoms with Crippen molar-refractivity contribution in [3.8, 4) is 0 Å². The first-order chi connectivity index (χ1) is 8.83. The number of hydrogen-bond acceptors (Lipinski definition) is 1. The molecule has 3 aromatic rings. The van der Waals surface area contributed by atoms with Gasteiger partial charge in [-0.1, -0.05) is 36.4 Å². The van der Waals surface area contributed by atoms with Gasteiger partial charge in [-0.3, -0.25) is 0 Å². The van der Waals surface area contributed by atoms with Crippen LogP contribution in [-0.2, 0) is 7.05 Å². The van der Waals surface area contributed by atoms with E-state index in [0.29, 0.717) is 0 Å². The van der Waals surface area contributed by atoms with Crippen LogP contribution in [0.25, 0.3) is 26.8 Å². The van der Waals surface area contributed by atoms with Gasteiger partial charge in [0.25, 0.3) is 0 Å². The molecule has 3 rings (SSSR count). The predicted octanol–water partition coefficient (Wildman–Crippen LogP) is 3.07. The number of nitrogens with zero attached hydrogens (tertiary/aromatic N) is 3. The monoisotopic (exact) mass is 233 g/mol. The second kappa shape index (κ2) is 4.01. The normalized spacial score (nSPS) is 10.4. The highest BCUT2D eigenvalue weighted by atomic mass is 15.2. The van der Waals surface area contributed by atoms with Crippen LogP contribution in [0.5, 0.6) is 0 Å². The number of pyridine rings is 1. The molecule has 0 N–H and O–H groups in total. The lowest BCUT2D eigenvalue weighted by molar-refractivity contribution is 1.00. The van der Waals surface area contributed by atoms with Gasteiger partial charge in [0.05, 0.1) is 16.1 Å². The third-order valence-electron chi connectivity index (χ3n) is 3.19. The summed E-state index contributed by atoms with van der Waals surface area (Å²) in [6.45, 7) is 7.00. The van der Waals surface area contributed by atoms with Gasteiger partial charge in [-0.25, -0.2) is 0 Å². The van der Waals surface area contributed by atoms with E-state index < -0.39 is 0 Å². The first-order valence-corrected chi connectivity index (χ1v) is 5.70. The van der Waals surface area contributed by atoms with Crippen LogP contribution in [0.4, 0.5) is 0 Å². The van der Waals surface area contributed by atoms with Crippen molar-refractivity contribution >= 4 is 21.8 Å². The Kier molecular flexibility index (Phi) is 2.35. The van der Waals surface area contributed by atoms with Crippen molar-refractivity contribution in [2.45, 2.75) is 0 Å². The molecule has 2 aromatic carbocycles. The Bertz CT molecular complexity index is 791. The number of rotatable bonds is 0. The summed E-state index contributed by atoms with van der Waals surface area (Å²) in [4.78, 5) is 3.20. The minimum absolute atomic E-state index is 0.759. The second-order valence-corrected chi connectivity index (χ2v) is 4.14. The fourth-order valence-corrected chi connectivity index (χ4v) is 2.37. The highest BCUT2D eigenvalue weighted by Gasteiger charge is 2.07. The van der Waals surface area contributed by atoms with Gasteiger partial charge < -0.3 is 4.57 Å². The highest BCUT2D eigenvalue weighted by Crippen LogP contribution is 2.17. The molecule has 0 radical (unpaired) electrons. The Balaban J connectivity index is 2.74. The van der Waals surface area contributed by atoms with E-state index in [1.54, 1.807) is 0 Å². The Hall–Kier alpha value is -2.60. The first-order valence-electron chi connectivity index (χ1n) is 5.70. The lowest BCUT2D eigenvalue weighted by atomic mass is 10.1. The van der Waals surface area contributed by atoms with Gasteiger partial charge in [0.1, 0.15) is 0 Å². The molecular weight excluding hydrogens is 222 g/mol. The molecule has 0 saturated heterocycles. The zero-order chi connectivity index (χ0) is 12.5. The third kappa shape index (κ3) is 1.40. The van der Waals surface area contributed by atoms with Crippen molar-refractivity contribution in [3.63, 3.8) is 0 Å². The molecule has 3 nitrogen and oxygen atoms in total. The zero-order valence-electron chi connectivity index (χ0n) is 9.96. The molecule has 1 aromatic heterocycles. The number of para-hydroxylation sites is 2. The fraction of sp³-hybridized carbons (Fsp3) is 0.0667. The third-order valence-corrected chi connectivity index (χ3v) is 3.19. The maximum Gasteiger partial charge on any atom is 0.164 e. The summed E-state index contributed by atoms with van der Waals surface area (Å²) in [5, 5.41) is 6.76. The van der Waals surface area contributed by atoms with E-state index in [0.717, 1.165) is 27.2 Å². The molecule has 18 heavy (non-hydrogen) atoms. The number of aryl methyl sites for hydroxylation is 1. The molecule has 0 aliphatic carbocycles. The lowest BCUT2D eigenvalue weighted by Crippen LogP contribution is -2.09. The standard InChI is InChI=1S/C15H11N3/c1-16-17-15-11-7-3-5-9-13(11)18(2)14-10-6-4-8-12(14)15/h3-10H,2H3. The minimum Gasteiger partial charge on any atom is -0.344 e. The summed E-state index contributed by atoms with van der Waals surface area (Å²) < 4.78 is 2.13.